The van der Waals surface area contributed by atoms with E-state index in [0.717, 1.165) is 8.20 Å². The third-order valence-electron chi connectivity index (χ3n) is 0.747. The van der Waals surface area contributed by atoms with E-state index in [0.29, 0.717) is 0 Å². The summed E-state index contributed by atoms with van der Waals surface area (Å²) in [4.78, 5) is 0. The van der Waals surface area contributed by atoms with Crippen LogP contribution in [0.15, 0.2) is 12.2 Å². The molecule has 3 heteroatoms. The van der Waals surface area contributed by atoms with Crippen LogP contribution in [0.25, 0.3) is 0 Å². The molecule has 0 amide bonds. The van der Waals surface area contributed by atoms with Gasteiger partial charge in [-0.3, -0.25) is 0 Å². The van der Waals surface area contributed by atoms with Crippen molar-refractivity contribution in [2.45, 2.75) is 5.40 Å². The monoisotopic (exact) mass is 114 g/mol. The van der Waals surface area contributed by atoms with Crippen LogP contribution in [0.2, 0.25) is 0 Å². The molecule has 2 nitrogen and oxygen atoms in total. The van der Waals surface area contributed by atoms with Crippen LogP contribution in [0.1, 0.15) is 0 Å². The fraction of sp³-hybridized carbons (Fsp3) is 0.250. The van der Waals surface area contributed by atoms with E-state index < -0.39 is 5.40 Å². The summed E-state index contributed by atoms with van der Waals surface area (Å²) in [6, 6.07) is 0. The van der Waals surface area contributed by atoms with Gasteiger partial charge in [0.2, 0.25) is 0 Å². The van der Waals surface area contributed by atoms with E-state index in [1.807, 2.05) is 11.9 Å². The van der Waals surface area contributed by atoms with Crippen molar-refractivity contribution in [2.75, 3.05) is 0 Å². The number of allylic oxidation sites excluding steroid dienone is 1. The van der Waals surface area contributed by atoms with Crippen molar-refractivity contribution in [2.24, 2.45) is 11.5 Å². The van der Waals surface area contributed by atoms with E-state index in [1.165, 1.54) is 0 Å². The average molecular weight is 114 g/mol. The molecule has 0 aromatic rings. The van der Waals surface area contributed by atoms with Crippen molar-refractivity contribution >= 4 is 14.0 Å². The maximum atomic E-state index is 5.43. The van der Waals surface area contributed by atoms with Gasteiger partial charge in [0.25, 0.3) is 0 Å². The Kier molecular flexibility index (Phi) is 1.00. The standard InChI is InChI=1S/C4H7N2P/c5-4(6)2-1-3-7-4/h1-3H,5-6H2. The Bertz CT molecular complexity index is 112. The molecule has 1 aliphatic heterocycles. The van der Waals surface area contributed by atoms with Crippen molar-refractivity contribution in [1.82, 2.24) is 0 Å². The van der Waals surface area contributed by atoms with Gasteiger partial charge in [-0.2, -0.15) is 0 Å². The zero-order chi connectivity index (χ0) is 5.33. The van der Waals surface area contributed by atoms with E-state index in [4.69, 9.17) is 11.5 Å². The first-order valence-corrected chi connectivity index (χ1v) is 2.98. The van der Waals surface area contributed by atoms with Gasteiger partial charge in [0.15, 0.2) is 0 Å². The summed E-state index contributed by atoms with van der Waals surface area (Å²) in [5, 5.41) is -0.569. The van der Waals surface area contributed by atoms with Gasteiger partial charge in [-0.1, -0.05) is 14.3 Å². The molecule has 0 saturated heterocycles. The molecule has 1 aliphatic rings. The SMILES string of the molecule is NC1(N)C=CC=P1. The Labute approximate surface area is 44.0 Å². The highest BCUT2D eigenvalue weighted by molar-refractivity contribution is 7.41. The minimum atomic E-state index is -0.569. The minimum absolute atomic E-state index is 0.569. The lowest BCUT2D eigenvalue weighted by molar-refractivity contribution is 0.803. The third kappa shape index (κ3) is 1.10. The molecule has 0 aromatic heterocycles. The summed E-state index contributed by atoms with van der Waals surface area (Å²) in [5.41, 5.74) is 10.9. The Balaban J connectivity index is 2.77. The van der Waals surface area contributed by atoms with Crippen molar-refractivity contribution in [3.8, 4) is 0 Å². The molecule has 0 aliphatic carbocycles. The fourth-order valence-electron chi connectivity index (χ4n) is 0.412. The average Bonchev–Trinajstić information content (AvgIpc) is 1.84. The molecule has 1 heterocycles. The summed E-state index contributed by atoms with van der Waals surface area (Å²) in [5.74, 6) is 1.93. The van der Waals surface area contributed by atoms with E-state index in [2.05, 4.69) is 0 Å². The first-order valence-electron chi connectivity index (χ1n) is 2.01. The van der Waals surface area contributed by atoms with Gasteiger partial charge in [0, 0.05) is 0 Å². The molecule has 0 spiro atoms. The van der Waals surface area contributed by atoms with Crippen molar-refractivity contribution in [3.63, 3.8) is 0 Å². The van der Waals surface area contributed by atoms with Crippen LogP contribution < -0.4 is 11.5 Å². The molecular formula is C4H7N2P. The van der Waals surface area contributed by atoms with Crippen molar-refractivity contribution in [1.29, 1.82) is 0 Å². The highest BCUT2D eigenvalue weighted by Gasteiger charge is 2.11. The van der Waals surface area contributed by atoms with Gasteiger partial charge in [-0.25, -0.2) is 0 Å². The topological polar surface area (TPSA) is 52.0 Å². The number of nitrogens with two attached hydrogens (primary N) is 2. The van der Waals surface area contributed by atoms with Gasteiger partial charge in [0.05, 0.1) is 0 Å². The quantitative estimate of drug-likeness (QED) is 0.340. The Morgan fingerprint density at radius 1 is 1.43 bits per heavy atom. The van der Waals surface area contributed by atoms with E-state index >= 15 is 0 Å². The molecular weight excluding hydrogens is 107 g/mol. The van der Waals surface area contributed by atoms with Crippen LogP contribution >= 0.6 is 8.20 Å². The van der Waals surface area contributed by atoms with Crippen LogP contribution in [0, 0.1) is 0 Å². The lowest BCUT2D eigenvalue weighted by Crippen LogP contribution is -2.39. The molecule has 7 heavy (non-hydrogen) atoms. The van der Waals surface area contributed by atoms with Gasteiger partial charge in [-0.15, -0.1) is 0 Å². The van der Waals surface area contributed by atoms with Gasteiger partial charge >= 0.3 is 0 Å². The second-order valence-electron chi connectivity index (χ2n) is 1.52. The lowest BCUT2D eigenvalue weighted by Gasteiger charge is -2.08. The Hall–Kier alpha value is -0.170. The molecule has 0 atom stereocenters. The molecule has 1 rings (SSSR count). The highest BCUT2D eigenvalue weighted by Crippen LogP contribution is 2.16. The molecule has 4 N–H and O–H groups in total. The third-order valence-corrected chi connectivity index (χ3v) is 1.66. The molecule has 0 saturated carbocycles. The van der Waals surface area contributed by atoms with E-state index in [1.54, 1.807) is 6.08 Å². The van der Waals surface area contributed by atoms with Gasteiger partial charge in [-0.05, 0) is 11.9 Å². The highest BCUT2D eigenvalue weighted by atomic mass is 31.1. The number of hydrogen-bond donors (Lipinski definition) is 2. The summed E-state index contributed by atoms with van der Waals surface area (Å²) in [7, 11) is 0.987. The first kappa shape index (κ1) is 4.98. The van der Waals surface area contributed by atoms with Crippen molar-refractivity contribution < 1.29 is 0 Å². The lowest BCUT2D eigenvalue weighted by atomic mass is 10.4. The second kappa shape index (κ2) is 1.41. The Morgan fingerprint density at radius 3 is 2.29 bits per heavy atom. The van der Waals surface area contributed by atoms with Crippen LogP contribution in [-0.4, -0.2) is 11.2 Å². The summed E-state index contributed by atoms with van der Waals surface area (Å²) >= 11 is 0. The predicted molar refractivity (Wildman–Crippen MR) is 33.2 cm³/mol. The first-order chi connectivity index (χ1) is 3.21. The smallest absolute Gasteiger partial charge is 0.126 e. The number of rotatable bonds is 0. The summed E-state index contributed by atoms with van der Waals surface area (Å²) in [6.07, 6.45) is 3.66. The van der Waals surface area contributed by atoms with Gasteiger partial charge in [0.1, 0.15) is 5.40 Å². The second-order valence-corrected chi connectivity index (χ2v) is 2.86. The zero-order valence-corrected chi connectivity index (χ0v) is 4.73. The predicted octanol–water partition coefficient (Wildman–Crippen LogP) is -0.124. The summed E-state index contributed by atoms with van der Waals surface area (Å²) in [6.45, 7) is 0. The maximum absolute atomic E-state index is 5.43. The fourth-order valence-corrected chi connectivity index (χ4v) is 1.01. The van der Waals surface area contributed by atoms with Crippen LogP contribution in [0.4, 0.5) is 0 Å². The molecule has 0 radical (unpaired) electrons. The minimum Gasteiger partial charge on any atom is -0.303 e. The van der Waals surface area contributed by atoms with Crippen LogP contribution in [-0.2, 0) is 0 Å². The molecule has 0 aromatic carbocycles. The molecule has 0 unspecified atom stereocenters. The summed E-state index contributed by atoms with van der Waals surface area (Å²) < 4.78 is 0. The van der Waals surface area contributed by atoms with Crippen molar-refractivity contribution in [3.05, 3.63) is 12.2 Å². The Morgan fingerprint density at radius 2 is 2.14 bits per heavy atom. The van der Waals surface area contributed by atoms with E-state index in [-0.39, 0.29) is 0 Å². The molecule has 38 valence electrons. The largest absolute Gasteiger partial charge is 0.303 e. The normalized spacial score (nSPS) is 26.0. The maximum Gasteiger partial charge on any atom is 0.126 e. The molecule has 0 bridgehead atoms. The number of hydrogen-bond acceptors (Lipinski definition) is 2. The van der Waals surface area contributed by atoms with Crippen LogP contribution in [0.5, 0.6) is 0 Å². The zero-order valence-electron chi connectivity index (χ0n) is 3.83. The van der Waals surface area contributed by atoms with Gasteiger partial charge < -0.3 is 11.5 Å². The van der Waals surface area contributed by atoms with Crippen LogP contribution in [0.3, 0.4) is 0 Å². The molecule has 0 fully saturated rings. The van der Waals surface area contributed by atoms with E-state index in [9.17, 15) is 0 Å².